The fourth-order valence-electron chi connectivity index (χ4n) is 2.91. The van der Waals surface area contributed by atoms with E-state index in [1.165, 1.54) is 30.4 Å². The lowest BCUT2D eigenvalue weighted by Gasteiger charge is -2.32. The molecule has 2 N–H and O–H groups in total. The molecular weight excluding hydrogens is 244 g/mol. The molecule has 0 spiro atoms. The van der Waals surface area contributed by atoms with Gasteiger partial charge in [0.1, 0.15) is 0 Å². The predicted molar refractivity (Wildman–Crippen MR) is 86.9 cm³/mol. The number of benzene rings is 1. The number of hydrogen-bond donors (Lipinski definition) is 1. The van der Waals surface area contributed by atoms with Crippen LogP contribution >= 0.6 is 0 Å². The summed E-state index contributed by atoms with van der Waals surface area (Å²) in [6.07, 6.45) is 3.97. The number of hydrogen-bond acceptors (Lipinski definition) is 2. The van der Waals surface area contributed by atoms with Crippen molar-refractivity contribution in [2.45, 2.75) is 52.0 Å². The highest BCUT2D eigenvalue weighted by Gasteiger charge is 2.24. The molecule has 0 aromatic heterocycles. The quantitative estimate of drug-likeness (QED) is 0.778. The number of rotatable bonds is 8. The van der Waals surface area contributed by atoms with E-state index in [0.717, 1.165) is 24.9 Å². The van der Waals surface area contributed by atoms with Crippen LogP contribution in [0.3, 0.4) is 0 Å². The summed E-state index contributed by atoms with van der Waals surface area (Å²) in [7, 11) is 0. The Labute approximate surface area is 124 Å². The molecule has 1 aromatic carbocycles. The van der Waals surface area contributed by atoms with Crippen LogP contribution in [0.5, 0.6) is 0 Å². The fourth-order valence-corrected chi connectivity index (χ4v) is 2.91. The van der Waals surface area contributed by atoms with Crippen molar-refractivity contribution in [1.82, 2.24) is 4.90 Å². The largest absolute Gasteiger partial charge is 0.329 e. The highest BCUT2D eigenvalue weighted by atomic mass is 15.2. The Morgan fingerprint density at radius 3 is 2.30 bits per heavy atom. The first kappa shape index (κ1) is 15.5. The van der Waals surface area contributed by atoms with Crippen LogP contribution in [0.25, 0.3) is 0 Å². The van der Waals surface area contributed by atoms with E-state index in [0.29, 0.717) is 12.6 Å². The third kappa shape index (κ3) is 3.83. The monoisotopic (exact) mass is 274 g/mol. The summed E-state index contributed by atoms with van der Waals surface area (Å²) in [5.41, 5.74) is 8.95. The summed E-state index contributed by atoms with van der Waals surface area (Å²) in [4.78, 5) is 2.53. The maximum Gasteiger partial charge on any atom is 0.0470 e. The van der Waals surface area contributed by atoms with E-state index in [2.05, 4.69) is 49.9 Å². The van der Waals surface area contributed by atoms with Crippen molar-refractivity contribution in [3.8, 4) is 0 Å². The van der Waals surface area contributed by atoms with Gasteiger partial charge in [-0.3, -0.25) is 4.90 Å². The van der Waals surface area contributed by atoms with Gasteiger partial charge in [-0.25, -0.2) is 0 Å². The van der Waals surface area contributed by atoms with Gasteiger partial charge in [0, 0.05) is 19.1 Å². The van der Waals surface area contributed by atoms with Gasteiger partial charge >= 0.3 is 0 Å². The molecule has 2 atom stereocenters. The molecule has 112 valence electrons. The van der Waals surface area contributed by atoms with Crippen LogP contribution in [-0.2, 0) is 0 Å². The van der Waals surface area contributed by atoms with Crippen LogP contribution in [-0.4, -0.2) is 24.5 Å². The van der Waals surface area contributed by atoms with Crippen molar-refractivity contribution in [1.29, 1.82) is 0 Å². The van der Waals surface area contributed by atoms with Crippen LogP contribution in [0.2, 0.25) is 0 Å². The standard InChI is InChI=1S/C18H30N2/c1-4-14(3)13-20(5-2)18(12-19)17-10-8-16(9-11-17)15-6-7-15/h8-11,14-15,18H,4-7,12-13,19H2,1-3H3. The molecule has 1 aromatic rings. The molecule has 20 heavy (non-hydrogen) atoms. The van der Waals surface area contributed by atoms with E-state index in [4.69, 9.17) is 5.73 Å². The average molecular weight is 274 g/mol. The smallest absolute Gasteiger partial charge is 0.0470 e. The third-order valence-electron chi connectivity index (χ3n) is 4.68. The average Bonchev–Trinajstić information content (AvgIpc) is 3.32. The Morgan fingerprint density at radius 2 is 1.85 bits per heavy atom. The number of nitrogens with zero attached hydrogens (tertiary/aromatic N) is 1. The van der Waals surface area contributed by atoms with Gasteiger partial charge in [-0.1, -0.05) is 51.5 Å². The van der Waals surface area contributed by atoms with Crippen molar-refractivity contribution >= 4 is 0 Å². The maximum atomic E-state index is 6.07. The second kappa shape index (κ2) is 7.24. The molecule has 1 saturated carbocycles. The van der Waals surface area contributed by atoms with E-state index in [1.807, 2.05) is 0 Å². The molecular formula is C18H30N2. The normalized spacial score (nSPS) is 18.2. The Hall–Kier alpha value is -0.860. The topological polar surface area (TPSA) is 29.3 Å². The van der Waals surface area contributed by atoms with E-state index in [1.54, 1.807) is 0 Å². The number of likely N-dealkylation sites (N-methyl/N-ethyl adjacent to an activating group) is 1. The lowest BCUT2D eigenvalue weighted by atomic mass is 10.00. The summed E-state index contributed by atoms with van der Waals surface area (Å²) in [6, 6.07) is 9.58. The van der Waals surface area contributed by atoms with Crippen molar-refractivity contribution in [2.24, 2.45) is 11.7 Å². The predicted octanol–water partition coefficient (Wildman–Crippen LogP) is 3.93. The maximum absolute atomic E-state index is 6.07. The zero-order chi connectivity index (χ0) is 14.5. The highest BCUT2D eigenvalue weighted by Crippen LogP contribution is 2.40. The third-order valence-corrected chi connectivity index (χ3v) is 4.68. The van der Waals surface area contributed by atoms with Gasteiger partial charge < -0.3 is 5.73 Å². The Kier molecular flexibility index (Phi) is 5.62. The lowest BCUT2D eigenvalue weighted by Crippen LogP contribution is -2.36. The SMILES string of the molecule is CCC(C)CN(CC)C(CN)c1ccc(C2CC2)cc1. The summed E-state index contributed by atoms with van der Waals surface area (Å²) < 4.78 is 0. The van der Waals surface area contributed by atoms with E-state index in [-0.39, 0.29) is 0 Å². The zero-order valence-corrected chi connectivity index (χ0v) is 13.3. The van der Waals surface area contributed by atoms with Crippen LogP contribution < -0.4 is 5.73 Å². The van der Waals surface area contributed by atoms with Crippen LogP contribution in [0.4, 0.5) is 0 Å². The van der Waals surface area contributed by atoms with Gasteiger partial charge in [-0.15, -0.1) is 0 Å². The van der Waals surface area contributed by atoms with Gasteiger partial charge in [0.25, 0.3) is 0 Å². The minimum absolute atomic E-state index is 0.363. The molecule has 2 unspecified atom stereocenters. The molecule has 0 radical (unpaired) electrons. The molecule has 0 heterocycles. The number of nitrogens with two attached hydrogens (primary N) is 1. The Morgan fingerprint density at radius 1 is 1.20 bits per heavy atom. The fraction of sp³-hybridized carbons (Fsp3) is 0.667. The van der Waals surface area contributed by atoms with Gasteiger partial charge in [-0.2, -0.15) is 0 Å². The van der Waals surface area contributed by atoms with Gasteiger partial charge in [0.2, 0.25) is 0 Å². The molecule has 1 fully saturated rings. The van der Waals surface area contributed by atoms with Gasteiger partial charge in [-0.05, 0) is 42.3 Å². The molecule has 1 aliphatic rings. The van der Waals surface area contributed by atoms with Crippen molar-refractivity contribution < 1.29 is 0 Å². The summed E-state index contributed by atoms with van der Waals surface area (Å²) >= 11 is 0. The van der Waals surface area contributed by atoms with E-state index in [9.17, 15) is 0 Å². The summed E-state index contributed by atoms with van der Waals surface area (Å²) in [5.74, 6) is 1.57. The minimum atomic E-state index is 0.363. The first-order valence-corrected chi connectivity index (χ1v) is 8.23. The van der Waals surface area contributed by atoms with Crippen molar-refractivity contribution in [2.75, 3.05) is 19.6 Å². The minimum Gasteiger partial charge on any atom is -0.329 e. The van der Waals surface area contributed by atoms with Crippen LogP contribution in [0, 0.1) is 5.92 Å². The second-order valence-corrected chi connectivity index (χ2v) is 6.29. The Bertz CT molecular complexity index is 394. The molecule has 0 saturated heterocycles. The lowest BCUT2D eigenvalue weighted by molar-refractivity contribution is 0.182. The van der Waals surface area contributed by atoms with Crippen molar-refractivity contribution in [3.05, 3.63) is 35.4 Å². The molecule has 0 aliphatic heterocycles. The first-order valence-electron chi connectivity index (χ1n) is 8.23. The Balaban J connectivity index is 2.07. The highest BCUT2D eigenvalue weighted by molar-refractivity contribution is 5.30. The molecule has 0 bridgehead atoms. The molecule has 0 amide bonds. The molecule has 2 heteroatoms. The molecule has 1 aliphatic carbocycles. The summed E-state index contributed by atoms with van der Waals surface area (Å²) in [6.45, 7) is 9.74. The second-order valence-electron chi connectivity index (χ2n) is 6.29. The summed E-state index contributed by atoms with van der Waals surface area (Å²) in [5, 5.41) is 0. The van der Waals surface area contributed by atoms with E-state index >= 15 is 0 Å². The van der Waals surface area contributed by atoms with Crippen LogP contribution in [0.15, 0.2) is 24.3 Å². The zero-order valence-electron chi connectivity index (χ0n) is 13.3. The van der Waals surface area contributed by atoms with Crippen LogP contribution in [0.1, 0.15) is 63.1 Å². The molecule has 2 rings (SSSR count). The van der Waals surface area contributed by atoms with Gasteiger partial charge in [0.05, 0.1) is 0 Å². The molecule has 2 nitrogen and oxygen atoms in total. The van der Waals surface area contributed by atoms with Crippen molar-refractivity contribution in [3.63, 3.8) is 0 Å². The van der Waals surface area contributed by atoms with E-state index < -0.39 is 0 Å². The van der Waals surface area contributed by atoms with Gasteiger partial charge in [0.15, 0.2) is 0 Å². The first-order chi connectivity index (χ1) is 9.69.